The standard InChI is InChI=1S/C22H36O3/c1-3-4-5-6-7-8-9-10-11-12-13-14-15-16-17-18-22(23)25-20(2)21-19-24-21/h4-5,7-8,10-11,20-21H,3,6,9,12-19H2,1-2H3. The third-order valence-corrected chi connectivity index (χ3v) is 4.23. The van der Waals surface area contributed by atoms with E-state index in [1.807, 2.05) is 6.92 Å². The summed E-state index contributed by atoms with van der Waals surface area (Å²) in [6, 6.07) is 0. The molecule has 0 spiro atoms. The van der Waals surface area contributed by atoms with Crippen molar-refractivity contribution < 1.29 is 14.3 Å². The summed E-state index contributed by atoms with van der Waals surface area (Å²) in [5.74, 6) is -0.0795. The first-order valence-electron chi connectivity index (χ1n) is 10.00. The van der Waals surface area contributed by atoms with E-state index in [1.165, 1.54) is 19.3 Å². The maximum absolute atomic E-state index is 11.6. The van der Waals surface area contributed by atoms with Crippen LogP contribution in [0.2, 0.25) is 0 Å². The van der Waals surface area contributed by atoms with Crippen LogP contribution in [0, 0.1) is 0 Å². The van der Waals surface area contributed by atoms with Crippen molar-refractivity contribution in [3.05, 3.63) is 36.5 Å². The molecule has 1 aliphatic rings. The highest BCUT2D eigenvalue weighted by molar-refractivity contribution is 5.69. The van der Waals surface area contributed by atoms with E-state index >= 15 is 0 Å². The first-order valence-corrected chi connectivity index (χ1v) is 10.00. The summed E-state index contributed by atoms with van der Waals surface area (Å²) in [5.41, 5.74) is 0. The molecular formula is C22H36O3. The molecule has 0 amide bonds. The minimum Gasteiger partial charge on any atom is -0.460 e. The van der Waals surface area contributed by atoms with Crippen molar-refractivity contribution in [2.75, 3.05) is 6.61 Å². The number of rotatable bonds is 15. The molecule has 1 heterocycles. The molecule has 25 heavy (non-hydrogen) atoms. The number of hydrogen-bond donors (Lipinski definition) is 0. The van der Waals surface area contributed by atoms with Crippen LogP contribution in [0.4, 0.5) is 0 Å². The third kappa shape index (κ3) is 13.6. The smallest absolute Gasteiger partial charge is 0.306 e. The number of epoxide rings is 1. The zero-order valence-corrected chi connectivity index (χ0v) is 16.1. The van der Waals surface area contributed by atoms with Crippen molar-refractivity contribution in [2.24, 2.45) is 0 Å². The highest BCUT2D eigenvalue weighted by Gasteiger charge is 2.31. The monoisotopic (exact) mass is 348 g/mol. The number of carbonyl (C=O) groups excluding carboxylic acids is 1. The average Bonchev–Trinajstić information content (AvgIpc) is 3.43. The van der Waals surface area contributed by atoms with Gasteiger partial charge < -0.3 is 9.47 Å². The van der Waals surface area contributed by atoms with Crippen LogP contribution in [0.15, 0.2) is 36.5 Å². The SMILES string of the molecule is CCC=CCC=CCC=CCCCCCCCC(=O)OC(C)C1CO1. The molecule has 0 radical (unpaired) electrons. The zero-order valence-electron chi connectivity index (χ0n) is 16.1. The van der Waals surface area contributed by atoms with E-state index in [0.717, 1.165) is 45.1 Å². The second-order valence-corrected chi connectivity index (χ2v) is 6.67. The molecule has 1 aliphatic heterocycles. The molecule has 142 valence electrons. The van der Waals surface area contributed by atoms with E-state index in [2.05, 4.69) is 43.4 Å². The lowest BCUT2D eigenvalue weighted by Crippen LogP contribution is -2.19. The number of allylic oxidation sites excluding steroid dienone is 6. The topological polar surface area (TPSA) is 38.8 Å². The van der Waals surface area contributed by atoms with Crippen molar-refractivity contribution in [1.82, 2.24) is 0 Å². The lowest BCUT2D eigenvalue weighted by molar-refractivity contribution is -0.149. The molecule has 1 fully saturated rings. The molecule has 3 heteroatoms. The van der Waals surface area contributed by atoms with Gasteiger partial charge in [-0.2, -0.15) is 0 Å². The summed E-state index contributed by atoms with van der Waals surface area (Å²) in [4.78, 5) is 11.6. The molecule has 3 nitrogen and oxygen atoms in total. The van der Waals surface area contributed by atoms with Crippen molar-refractivity contribution in [3.8, 4) is 0 Å². The van der Waals surface area contributed by atoms with Gasteiger partial charge in [-0.15, -0.1) is 0 Å². The number of ether oxygens (including phenoxy) is 2. The van der Waals surface area contributed by atoms with Gasteiger partial charge in [0, 0.05) is 6.42 Å². The summed E-state index contributed by atoms with van der Waals surface area (Å²) in [7, 11) is 0. The minimum atomic E-state index is -0.0815. The van der Waals surface area contributed by atoms with Crippen molar-refractivity contribution >= 4 is 5.97 Å². The first-order chi connectivity index (χ1) is 12.2. The summed E-state index contributed by atoms with van der Waals surface area (Å²) in [5, 5.41) is 0. The maximum atomic E-state index is 11.6. The zero-order chi connectivity index (χ0) is 18.2. The predicted octanol–water partition coefficient (Wildman–Crippen LogP) is 5.91. The molecule has 0 aliphatic carbocycles. The van der Waals surface area contributed by atoms with Crippen molar-refractivity contribution in [3.63, 3.8) is 0 Å². The summed E-state index contributed by atoms with van der Waals surface area (Å²) < 4.78 is 10.4. The van der Waals surface area contributed by atoms with E-state index in [9.17, 15) is 4.79 Å². The van der Waals surface area contributed by atoms with E-state index in [4.69, 9.17) is 9.47 Å². The van der Waals surface area contributed by atoms with Gasteiger partial charge in [-0.3, -0.25) is 4.79 Å². The molecule has 2 unspecified atom stereocenters. The molecule has 0 saturated carbocycles. The van der Waals surface area contributed by atoms with Crippen LogP contribution in [0.25, 0.3) is 0 Å². The maximum Gasteiger partial charge on any atom is 0.306 e. The fourth-order valence-corrected chi connectivity index (χ4v) is 2.56. The number of hydrogen-bond acceptors (Lipinski definition) is 3. The largest absolute Gasteiger partial charge is 0.460 e. The van der Waals surface area contributed by atoms with Gasteiger partial charge in [-0.05, 0) is 45.4 Å². The quantitative estimate of drug-likeness (QED) is 0.160. The van der Waals surface area contributed by atoms with Gasteiger partial charge in [0.15, 0.2) is 0 Å². The van der Waals surface area contributed by atoms with Gasteiger partial charge in [0.2, 0.25) is 0 Å². The highest BCUT2D eigenvalue weighted by atomic mass is 16.6. The van der Waals surface area contributed by atoms with Crippen LogP contribution in [0.3, 0.4) is 0 Å². The molecule has 0 aromatic rings. The molecule has 1 saturated heterocycles. The van der Waals surface area contributed by atoms with Crippen molar-refractivity contribution in [2.45, 2.75) is 90.3 Å². The lowest BCUT2D eigenvalue weighted by Gasteiger charge is -2.10. The third-order valence-electron chi connectivity index (χ3n) is 4.23. The molecule has 0 aromatic heterocycles. The van der Waals surface area contributed by atoms with Gasteiger partial charge in [-0.1, -0.05) is 62.6 Å². The van der Waals surface area contributed by atoms with E-state index < -0.39 is 0 Å². The van der Waals surface area contributed by atoms with E-state index in [0.29, 0.717) is 6.42 Å². The Kier molecular flexibility index (Phi) is 13.0. The van der Waals surface area contributed by atoms with Gasteiger partial charge in [0.05, 0.1) is 6.61 Å². The summed E-state index contributed by atoms with van der Waals surface area (Å²) >= 11 is 0. The number of unbranched alkanes of at least 4 members (excludes halogenated alkanes) is 5. The Labute approximate surface area is 154 Å². The normalized spacial score (nSPS) is 18.4. The van der Waals surface area contributed by atoms with E-state index in [1.54, 1.807) is 0 Å². The fourth-order valence-electron chi connectivity index (χ4n) is 2.56. The Morgan fingerprint density at radius 1 is 1.00 bits per heavy atom. The Morgan fingerprint density at radius 2 is 1.60 bits per heavy atom. The Bertz CT molecular complexity index is 419. The van der Waals surface area contributed by atoms with Gasteiger partial charge in [-0.25, -0.2) is 0 Å². The Morgan fingerprint density at radius 3 is 2.28 bits per heavy atom. The Balaban J connectivity index is 1.82. The molecular weight excluding hydrogens is 312 g/mol. The molecule has 2 atom stereocenters. The van der Waals surface area contributed by atoms with Crippen LogP contribution in [0.1, 0.15) is 78.1 Å². The molecule has 1 rings (SSSR count). The molecule has 0 N–H and O–H groups in total. The number of carbonyl (C=O) groups is 1. The second-order valence-electron chi connectivity index (χ2n) is 6.67. The second kappa shape index (κ2) is 14.9. The van der Waals surface area contributed by atoms with Crippen LogP contribution in [-0.2, 0) is 14.3 Å². The summed E-state index contributed by atoms with van der Waals surface area (Å²) in [6.45, 7) is 4.79. The van der Waals surface area contributed by atoms with E-state index in [-0.39, 0.29) is 18.2 Å². The Hall–Kier alpha value is -1.35. The highest BCUT2D eigenvalue weighted by Crippen LogP contribution is 2.17. The average molecular weight is 349 g/mol. The summed E-state index contributed by atoms with van der Waals surface area (Å²) in [6.07, 6.45) is 24.1. The van der Waals surface area contributed by atoms with Gasteiger partial charge in [0.1, 0.15) is 12.2 Å². The minimum absolute atomic E-state index is 0.0795. The van der Waals surface area contributed by atoms with Crippen LogP contribution in [0.5, 0.6) is 0 Å². The van der Waals surface area contributed by atoms with Crippen molar-refractivity contribution in [1.29, 1.82) is 0 Å². The molecule has 0 aromatic carbocycles. The van der Waals surface area contributed by atoms with Crippen LogP contribution < -0.4 is 0 Å². The predicted molar refractivity (Wildman–Crippen MR) is 105 cm³/mol. The lowest BCUT2D eigenvalue weighted by atomic mass is 10.1. The van der Waals surface area contributed by atoms with Crippen LogP contribution in [-0.4, -0.2) is 24.8 Å². The number of esters is 1. The van der Waals surface area contributed by atoms with Gasteiger partial charge >= 0.3 is 5.97 Å². The fraction of sp³-hybridized carbons (Fsp3) is 0.682. The molecule has 0 bridgehead atoms. The van der Waals surface area contributed by atoms with Crippen LogP contribution >= 0.6 is 0 Å². The first kappa shape index (κ1) is 21.7. The van der Waals surface area contributed by atoms with Gasteiger partial charge in [0.25, 0.3) is 0 Å².